The van der Waals surface area contributed by atoms with Crippen LogP contribution in [0.2, 0.25) is 5.02 Å². The average Bonchev–Trinajstić information content (AvgIpc) is 2.67. The van der Waals surface area contributed by atoms with Crippen molar-refractivity contribution in [3.05, 3.63) is 64.4 Å². The number of likely N-dealkylation sites (tertiary alicyclic amines) is 1. The van der Waals surface area contributed by atoms with Gasteiger partial charge in [0.15, 0.2) is 0 Å². The molecule has 0 atom stereocenters. The highest BCUT2D eigenvalue weighted by Gasteiger charge is 2.44. The Morgan fingerprint density at radius 1 is 1.15 bits per heavy atom. The van der Waals surface area contributed by atoms with Gasteiger partial charge in [-0.05, 0) is 42.5 Å². The molecule has 0 unspecified atom stereocenters. The number of carbonyl (C=O) groups excluding carboxylic acids is 2. The smallest absolute Gasteiger partial charge is 0.255 e. The lowest BCUT2D eigenvalue weighted by Crippen LogP contribution is -2.67. The van der Waals surface area contributed by atoms with Crippen LogP contribution in [0.5, 0.6) is 0 Å². The van der Waals surface area contributed by atoms with Gasteiger partial charge in [0.2, 0.25) is 0 Å². The molecule has 0 saturated carbocycles. The topological polar surface area (TPSA) is 52.7 Å². The summed E-state index contributed by atoms with van der Waals surface area (Å²) in [5, 5.41) is 3.63. The van der Waals surface area contributed by atoms with Gasteiger partial charge in [-0.25, -0.2) is 4.39 Å². The van der Waals surface area contributed by atoms with E-state index in [1.807, 2.05) is 11.9 Å². The van der Waals surface area contributed by atoms with Crippen LogP contribution in [0.25, 0.3) is 0 Å². The molecule has 2 aromatic rings. The Hall–Kier alpha value is -2.60. The van der Waals surface area contributed by atoms with Gasteiger partial charge in [0.05, 0.1) is 11.3 Å². The maximum absolute atomic E-state index is 13.5. The third-order valence-corrected chi connectivity index (χ3v) is 5.77. The average molecular weight is 388 g/mol. The second kappa shape index (κ2) is 6.53. The molecule has 2 aromatic carbocycles. The van der Waals surface area contributed by atoms with Crippen molar-refractivity contribution in [1.82, 2.24) is 10.2 Å². The molecule has 2 amide bonds. The molecular formula is C20H19ClFN3O2. The molecule has 0 aromatic heterocycles. The lowest BCUT2D eigenvalue weighted by Gasteiger charge is -2.51. The normalized spacial score (nSPS) is 18.3. The van der Waals surface area contributed by atoms with Crippen molar-refractivity contribution < 1.29 is 14.0 Å². The van der Waals surface area contributed by atoms with E-state index >= 15 is 0 Å². The molecule has 7 heteroatoms. The van der Waals surface area contributed by atoms with E-state index in [1.165, 1.54) is 12.1 Å². The van der Waals surface area contributed by atoms with Crippen molar-refractivity contribution >= 4 is 29.1 Å². The van der Waals surface area contributed by atoms with Crippen molar-refractivity contribution in [3.63, 3.8) is 0 Å². The molecule has 0 aliphatic carbocycles. The van der Waals surface area contributed by atoms with Gasteiger partial charge in [-0.15, -0.1) is 0 Å². The Balaban J connectivity index is 1.53. The van der Waals surface area contributed by atoms with E-state index in [2.05, 4.69) is 5.32 Å². The molecule has 5 nitrogen and oxygen atoms in total. The summed E-state index contributed by atoms with van der Waals surface area (Å²) in [4.78, 5) is 29.0. The van der Waals surface area contributed by atoms with Crippen LogP contribution in [0, 0.1) is 5.82 Å². The van der Waals surface area contributed by atoms with Crippen molar-refractivity contribution in [1.29, 1.82) is 0 Å². The van der Waals surface area contributed by atoms with Crippen LogP contribution in [0.1, 0.15) is 33.6 Å². The highest BCUT2D eigenvalue weighted by molar-refractivity contribution is 6.30. The SMILES string of the molecule is CN1c2ccc(F)cc2C(=O)NC12CCN(C(=O)c1ccc(Cl)cc1)CC2. The van der Waals surface area contributed by atoms with Crippen molar-refractivity contribution in [2.24, 2.45) is 0 Å². The first-order valence-electron chi connectivity index (χ1n) is 8.80. The maximum Gasteiger partial charge on any atom is 0.255 e. The summed E-state index contributed by atoms with van der Waals surface area (Å²) in [5.74, 6) is -0.759. The molecule has 2 aliphatic rings. The first-order valence-corrected chi connectivity index (χ1v) is 9.18. The molecule has 1 saturated heterocycles. The first-order chi connectivity index (χ1) is 12.9. The number of nitrogens with zero attached hydrogens (tertiary/aromatic N) is 2. The predicted octanol–water partition coefficient (Wildman–Crippen LogP) is 3.29. The zero-order valence-electron chi connectivity index (χ0n) is 14.8. The van der Waals surface area contributed by atoms with Gasteiger partial charge in [0.1, 0.15) is 11.5 Å². The van der Waals surface area contributed by atoms with Crippen molar-refractivity contribution in [3.8, 4) is 0 Å². The number of hydrogen-bond acceptors (Lipinski definition) is 3. The van der Waals surface area contributed by atoms with E-state index in [0.29, 0.717) is 47.8 Å². The quantitative estimate of drug-likeness (QED) is 0.817. The molecule has 1 spiro atoms. The summed E-state index contributed by atoms with van der Waals surface area (Å²) in [6, 6.07) is 11.1. The Bertz CT molecular complexity index is 908. The van der Waals surface area contributed by atoms with E-state index in [1.54, 1.807) is 35.2 Å². The summed E-state index contributed by atoms with van der Waals surface area (Å²) in [6.07, 6.45) is 1.18. The second-order valence-corrected chi connectivity index (χ2v) is 7.44. The zero-order chi connectivity index (χ0) is 19.2. The fourth-order valence-electron chi connectivity index (χ4n) is 3.89. The van der Waals surface area contributed by atoms with Crippen molar-refractivity contribution in [2.45, 2.75) is 18.5 Å². The van der Waals surface area contributed by atoms with E-state index in [9.17, 15) is 14.0 Å². The van der Waals surface area contributed by atoms with Gasteiger partial charge in [0, 0.05) is 43.6 Å². The first kappa shape index (κ1) is 17.8. The standard InChI is InChI=1S/C20H19ClFN3O2/c1-24-17-7-6-15(22)12-16(17)18(26)23-20(24)8-10-25(11-9-20)19(27)13-2-4-14(21)5-3-13/h2-7,12H,8-11H2,1H3,(H,23,26). The minimum absolute atomic E-state index is 0.0474. The van der Waals surface area contributed by atoms with E-state index in [4.69, 9.17) is 11.6 Å². The number of amides is 2. The number of halogens is 2. The minimum Gasteiger partial charge on any atom is -0.351 e. The predicted molar refractivity (Wildman–Crippen MR) is 102 cm³/mol. The number of carbonyl (C=O) groups is 2. The molecule has 4 rings (SSSR count). The van der Waals surface area contributed by atoms with Crippen LogP contribution in [0.15, 0.2) is 42.5 Å². The van der Waals surface area contributed by atoms with E-state index in [-0.39, 0.29) is 11.8 Å². The summed E-state index contributed by atoms with van der Waals surface area (Å²) in [5.41, 5.74) is 1.07. The van der Waals surface area contributed by atoms with E-state index in [0.717, 1.165) is 0 Å². The Morgan fingerprint density at radius 3 is 2.48 bits per heavy atom. The molecule has 1 N–H and O–H groups in total. The van der Waals surface area contributed by atoms with Crippen LogP contribution in [0.4, 0.5) is 10.1 Å². The molecule has 0 radical (unpaired) electrons. The van der Waals surface area contributed by atoms with E-state index < -0.39 is 11.5 Å². The Morgan fingerprint density at radius 2 is 1.81 bits per heavy atom. The summed E-state index contributed by atoms with van der Waals surface area (Å²) in [7, 11) is 1.90. The molecule has 1 fully saturated rings. The molecular weight excluding hydrogens is 369 g/mol. The van der Waals surface area contributed by atoms with Crippen molar-refractivity contribution in [2.75, 3.05) is 25.0 Å². The van der Waals surface area contributed by atoms with Gasteiger partial charge in [0.25, 0.3) is 11.8 Å². The highest BCUT2D eigenvalue weighted by atomic mass is 35.5. The van der Waals surface area contributed by atoms with Crippen LogP contribution in [-0.4, -0.2) is 42.5 Å². The minimum atomic E-state index is -0.571. The number of piperidine rings is 1. The molecule has 140 valence electrons. The lowest BCUT2D eigenvalue weighted by atomic mass is 9.90. The number of benzene rings is 2. The number of fused-ring (bicyclic) bond motifs is 1. The number of rotatable bonds is 1. The van der Waals surface area contributed by atoms with Gasteiger partial charge in [-0.2, -0.15) is 0 Å². The van der Waals surface area contributed by atoms with Crippen LogP contribution in [0.3, 0.4) is 0 Å². The molecule has 0 bridgehead atoms. The van der Waals surface area contributed by atoms with Gasteiger partial charge in [-0.1, -0.05) is 11.6 Å². The zero-order valence-corrected chi connectivity index (χ0v) is 15.6. The molecule has 2 heterocycles. The van der Waals surface area contributed by atoms with Gasteiger partial charge < -0.3 is 15.1 Å². The molecule has 27 heavy (non-hydrogen) atoms. The fraction of sp³-hybridized carbons (Fsp3) is 0.300. The Kier molecular flexibility index (Phi) is 4.30. The summed E-state index contributed by atoms with van der Waals surface area (Å²) >= 11 is 5.89. The largest absolute Gasteiger partial charge is 0.351 e. The lowest BCUT2D eigenvalue weighted by molar-refractivity contribution is 0.0609. The maximum atomic E-state index is 13.5. The number of nitrogens with one attached hydrogen (secondary N) is 1. The summed E-state index contributed by atoms with van der Waals surface area (Å²) in [6.45, 7) is 1.03. The summed E-state index contributed by atoms with van der Waals surface area (Å²) < 4.78 is 13.5. The fourth-order valence-corrected chi connectivity index (χ4v) is 4.02. The number of hydrogen-bond donors (Lipinski definition) is 1. The van der Waals surface area contributed by atoms with Gasteiger partial charge >= 0.3 is 0 Å². The third-order valence-electron chi connectivity index (χ3n) is 5.52. The number of anilines is 1. The highest BCUT2D eigenvalue weighted by Crippen LogP contribution is 2.36. The monoisotopic (exact) mass is 387 g/mol. The van der Waals surface area contributed by atoms with Crippen LogP contribution < -0.4 is 10.2 Å². The van der Waals surface area contributed by atoms with Crippen LogP contribution in [-0.2, 0) is 0 Å². The third kappa shape index (κ3) is 3.04. The molecule has 2 aliphatic heterocycles. The second-order valence-electron chi connectivity index (χ2n) is 7.01. The van der Waals surface area contributed by atoms with Crippen LogP contribution >= 0.6 is 11.6 Å². The van der Waals surface area contributed by atoms with Gasteiger partial charge in [-0.3, -0.25) is 9.59 Å². The Labute approximate surface area is 161 Å².